The molecule has 0 saturated heterocycles. The van der Waals surface area contributed by atoms with Gasteiger partial charge in [-0.25, -0.2) is 0 Å². The van der Waals surface area contributed by atoms with E-state index in [0.29, 0.717) is 6.42 Å². The summed E-state index contributed by atoms with van der Waals surface area (Å²) in [6.07, 6.45) is 0.471. The Kier molecular flexibility index (Phi) is 9.78. The van der Waals surface area contributed by atoms with Gasteiger partial charge < -0.3 is 11.1 Å². The standard InChI is InChI=1S/C4H9N2O.Pt/c1-2-4(7)6-3-5;/h5H,2-3H2,1H3,(H,6,7);/q-1;. The molecule has 0 spiro atoms. The first-order chi connectivity index (χ1) is 3.31. The molecule has 0 atom stereocenters. The molecule has 0 fully saturated rings. The maximum absolute atomic E-state index is 10.2. The molecule has 8 heavy (non-hydrogen) atoms. The SMILES string of the molecule is CCC(=O)NC[NH-].[Pt]. The van der Waals surface area contributed by atoms with Crippen LogP contribution in [0.2, 0.25) is 0 Å². The maximum Gasteiger partial charge on any atom is 0.218 e. The van der Waals surface area contributed by atoms with Crippen molar-refractivity contribution in [2.75, 3.05) is 6.67 Å². The fourth-order valence-electron chi connectivity index (χ4n) is 0.224. The first-order valence-electron chi connectivity index (χ1n) is 2.22. The molecule has 3 nitrogen and oxygen atoms in total. The minimum Gasteiger partial charge on any atom is -0.660 e. The summed E-state index contributed by atoms with van der Waals surface area (Å²) >= 11 is 0. The van der Waals surface area contributed by atoms with Gasteiger partial charge in [0.05, 0.1) is 0 Å². The van der Waals surface area contributed by atoms with Crippen LogP contribution in [-0.2, 0) is 25.9 Å². The van der Waals surface area contributed by atoms with Crippen molar-refractivity contribution in [1.82, 2.24) is 5.32 Å². The van der Waals surface area contributed by atoms with E-state index >= 15 is 0 Å². The zero-order valence-electron chi connectivity index (χ0n) is 4.64. The summed E-state index contributed by atoms with van der Waals surface area (Å²) in [6.45, 7) is 1.75. The molecule has 0 saturated carbocycles. The Hall–Kier alpha value is 0.118. The number of nitrogens with one attached hydrogen (secondary N) is 2. The number of carbonyl (C=O) groups is 1. The first-order valence-corrected chi connectivity index (χ1v) is 2.22. The molecule has 0 heterocycles. The van der Waals surface area contributed by atoms with Crippen LogP contribution in [0, 0.1) is 0 Å². The zero-order valence-corrected chi connectivity index (χ0v) is 6.91. The summed E-state index contributed by atoms with van der Waals surface area (Å²) < 4.78 is 0. The van der Waals surface area contributed by atoms with Crippen molar-refractivity contribution in [3.63, 3.8) is 0 Å². The van der Waals surface area contributed by atoms with Gasteiger partial charge in [-0.2, -0.15) is 0 Å². The van der Waals surface area contributed by atoms with E-state index < -0.39 is 0 Å². The van der Waals surface area contributed by atoms with Gasteiger partial charge in [-0.15, -0.1) is 0 Å². The minimum absolute atomic E-state index is 0. The van der Waals surface area contributed by atoms with Crippen molar-refractivity contribution in [1.29, 1.82) is 0 Å². The molecule has 4 heteroatoms. The van der Waals surface area contributed by atoms with Gasteiger partial charge in [-0.1, -0.05) is 13.6 Å². The molecule has 0 aromatic heterocycles. The third-order valence-electron chi connectivity index (χ3n) is 0.607. The Morgan fingerprint density at radius 1 is 1.75 bits per heavy atom. The average Bonchev–Trinajstić information content (AvgIpc) is 1.68. The van der Waals surface area contributed by atoms with Crippen LogP contribution in [0.25, 0.3) is 5.73 Å². The molecule has 0 aliphatic carbocycles. The Morgan fingerprint density at radius 3 is 2.38 bits per heavy atom. The summed E-state index contributed by atoms with van der Waals surface area (Å²) in [6, 6.07) is 0. The second kappa shape index (κ2) is 7.12. The summed E-state index contributed by atoms with van der Waals surface area (Å²) in [4.78, 5) is 10.2. The van der Waals surface area contributed by atoms with E-state index in [2.05, 4.69) is 5.32 Å². The normalized spacial score (nSPS) is 7.25. The zero-order chi connectivity index (χ0) is 5.70. The number of rotatable bonds is 2. The monoisotopic (exact) mass is 296 g/mol. The van der Waals surface area contributed by atoms with Gasteiger partial charge in [-0.05, 0) is 0 Å². The average molecular weight is 296 g/mol. The molecule has 0 rings (SSSR count). The number of carbonyl (C=O) groups excluding carboxylic acids is 1. The predicted molar refractivity (Wildman–Crippen MR) is 27.6 cm³/mol. The van der Waals surface area contributed by atoms with Crippen molar-refractivity contribution in [2.45, 2.75) is 13.3 Å². The summed E-state index contributed by atoms with van der Waals surface area (Å²) in [7, 11) is 0. The van der Waals surface area contributed by atoms with Crippen molar-refractivity contribution >= 4 is 5.91 Å². The predicted octanol–water partition coefficient (Wildman–Crippen LogP) is 0.520. The third-order valence-corrected chi connectivity index (χ3v) is 0.607. The van der Waals surface area contributed by atoms with Gasteiger partial charge in [0.15, 0.2) is 0 Å². The van der Waals surface area contributed by atoms with E-state index in [1.807, 2.05) is 0 Å². The summed E-state index contributed by atoms with van der Waals surface area (Å²) in [5.41, 5.74) is 6.50. The fraction of sp³-hybridized carbons (Fsp3) is 0.750. The van der Waals surface area contributed by atoms with Crippen molar-refractivity contribution in [3.05, 3.63) is 5.73 Å². The van der Waals surface area contributed by atoms with E-state index in [0.717, 1.165) is 0 Å². The molecule has 0 aromatic rings. The largest absolute Gasteiger partial charge is 0.660 e. The van der Waals surface area contributed by atoms with Crippen LogP contribution in [0.3, 0.4) is 0 Å². The van der Waals surface area contributed by atoms with Crippen molar-refractivity contribution < 1.29 is 25.9 Å². The van der Waals surface area contributed by atoms with Crippen LogP contribution in [0.4, 0.5) is 0 Å². The van der Waals surface area contributed by atoms with Crippen LogP contribution in [0.15, 0.2) is 0 Å². The molecule has 52 valence electrons. The fourth-order valence-corrected chi connectivity index (χ4v) is 0.224. The van der Waals surface area contributed by atoms with Crippen LogP contribution >= 0.6 is 0 Å². The van der Waals surface area contributed by atoms with Crippen LogP contribution in [0.1, 0.15) is 13.3 Å². The number of hydrogen-bond donors (Lipinski definition) is 1. The van der Waals surface area contributed by atoms with Crippen LogP contribution in [0.5, 0.6) is 0 Å². The molecule has 2 N–H and O–H groups in total. The molecular weight excluding hydrogens is 287 g/mol. The van der Waals surface area contributed by atoms with Gasteiger partial charge in [0.1, 0.15) is 0 Å². The van der Waals surface area contributed by atoms with E-state index in [1.54, 1.807) is 6.92 Å². The first kappa shape index (κ1) is 11.0. The topological polar surface area (TPSA) is 52.9 Å². The Balaban J connectivity index is 0. The second-order valence-electron chi connectivity index (χ2n) is 1.13. The van der Waals surface area contributed by atoms with Crippen molar-refractivity contribution in [3.8, 4) is 0 Å². The van der Waals surface area contributed by atoms with Crippen molar-refractivity contribution in [2.24, 2.45) is 0 Å². The van der Waals surface area contributed by atoms with Crippen LogP contribution in [-0.4, -0.2) is 12.6 Å². The third kappa shape index (κ3) is 6.12. The molecular formula is C4H9N2OPt-. The Bertz CT molecular complexity index is 67.1. The Labute approximate surface area is 63.3 Å². The van der Waals surface area contributed by atoms with Gasteiger partial charge in [0.25, 0.3) is 0 Å². The Morgan fingerprint density at radius 2 is 2.25 bits per heavy atom. The molecule has 1 amide bonds. The van der Waals surface area contributed by atoms with E-state index in [-0.39, 0.29) is 33.6 Å². The second-order valence-corrected chi connectivity index (χ2v) is 1.13. The number of amides is 1. The van der Waals surface area contributed by atoms with E-state index in [1.165, 1.54) is 0 Å². The quantitative estimate of drug-likeness (QED) is 0.793. The molecule has 0 bridgehead atoms. The van der Waals surface area contributed by atoms with Gasteiger partial charge in [-0.3, -0.25) is 4.79 Å². The smallest absolute Gasteiger partial charge is 0.218 e. The van der Waals surface area contributed by atoms with E-state index in [9.17, 15) is 4.79 Å². The van der Waals surface area contributed by atoms with Crippen LogP contribution < -0.4 is 5.32 Å². The summed E-state index contributed by atoms with van der Waals surface area (Å²) in [5.74, 6) is -0.0602. The van der Waals surface area contributed by atoms with Gasteiger partial charge >= 0.3 is 0 Å². The summed E-state index contributed by atoms with van der Waals surface area (Å²) in [5, 5.41) is 2.32. The van der Waals surface area contributed by atoms with E-state index in [4.69, 9.17) is 5.73 Å². The molecule has 0 unspecified atom stereocenters. The molecule has 0 aliphatic rings. The molecule has 0 radical (unpaired) electrons. The molecule has 0 aliphatic heterocycles. The van der Waals surface area contributed by atoms with Gasteiger partial charge in [0.2, 0.25) is 5.91 Å². The molecule has 0 aromatic carbocycles. The minimum atomic E-state index is -0.0602. The maximum atomic E-state index is 10.2. The number of hydrogen-bond acceptors (Lipinski definition) is 1. The van der Waals surface area contributed by atoms with Gasteiger partial charge in [0, 0.05) is 27.5 Å².